The molecule has 1 aliphatic heterocycles. The molecule has 0 saturated carbocycles. The van der Waals surface area contributed by atoms with Gasteiger partial charge in [0.1, 0.15) is 17.8 Å². The van der Waals surface area contributed by atoms with Gasteiger partial charge in [-0.2, -0.15) is 4.98 Å². The zero-order valence-corrected chi connectivity index (χ0v) is 17.3. The number of hydrogen-bond acceptors (Lipinski definition) is 7. The molecule has 1 fully saturated rings. The molecule has 1 aliphatic rings. The Balaban J connectivity index is 1.75. The third kappa shape index (κ3) is 3.88. The fraction of sp³-hybridized carbons (Fsp3) is 0.273. The van der Waals surface area contributed by atoms with E-state index in [1.54, 1.807) is 17.0 Å². The van der Waals surface area contributed by atoms with Crippen LogP contribution >= 0.6 is 0 Å². The van der Waals surface area contributed by atoms with E-state index in [-0.39, 0.29) is 11.9 Å². The molecule has 0 aliphatic carbocycles. The summed E-state index contributed by atoms with van der Waals surface area (Å²) in [5.41, 5.74) is 8.25. The van der Waals surface area contributed by atoms with Crippen molar-refractivity contribution in [1.82, 2.24) is 24.4 Å². The number of fused-ring (bicyclic) bond motifs is 1. The second-order valence-electron chi connectivity index (χ2n) is 7.03. The van der Waals surface area contributed by atoms with Gasteiger partial charge in [0.25, 0.3) is 0 Å². The SMILES string of the molecule is C=CC(=O)N1CC[C@H](n2cc(C#Cc3cc(OC)nc(OC)c3)c3c(N)ncnc32)C1. The number of amides is 1. The molecule has 0 spiro atoms. The Kier molecular flexibility index (Phi) is 5.45. The van der Waals surface area contributed by atoms with Crippen LogP contribution in [0.25, 0.3) is 11.0 Å². The van der Waals surface area contributed by atoms with Crippen LogP contribution in [0.5, 0.6) is 11.8 Å². The predicted molar refractivity (Wildman–Crippen MR) is 116 cm³/mol. The number of hydrogen-bond donors (Lipinski definition) is 1. The van der Waals surface area contributed by atoms with E-state index in [1.807, 2.05) is 10.8 Å². The smallest absolute Gasteiger partial charge is 0.246 e. The first-order chi connectivity index (χ1) is 15.0. The number of pyridine rings is 1. The highest BCUT2D eigenvalue weighted by molar-refractivity contribution is 5.92. The van der Waals surface area contributed by atoms with Crippen molar-refractivity contribution in [1.29, 1.82) is 0 Å². The van der Waals surface area contributed by atoms with Crippen LogP contribution in [0, 0.1) is 11.8 Å². The van der Waals surface area contributed by atoms with E-state index in [0.717, 1.165) is 6.42 Å². The van der Waals surface area contributed by atoms with Crippen molar-refractivity contribution < 1.29 is 14.3 Å². The molecular weight excluding hydrogens is 396 g/mol. The number of anilines is 1. The molecule has 1 saturated heterocycles. The maximum absolute atomic E-state index is 12.0. The zero-order chi connectivity index (χ0) is 22.0. The number of nitrogen functional groups attached to an aromatic ring is 1. The highest BCUT2D eigenvalue weighted by Gasteiger charge is 2.28. The fourth-order valence-corrected chi connectivity index (χ4v) is 3.68. The number of nitrogens with zero attached hydrogens (tertiary/aromatic N) is 5. The van der Waals surface area contributed by atoms with Crippen LogP contribution in [0.4, 0.5) is 5.82 Å². The standard InChI is InChI=1S/C22H22N6O3/c1-4-19(29)27-8-7-16(12-27)28-11-15(20-21(23)24-13-25-22(20)28)6-5-14-9-17(30-2)26-18(10-14)31-3/h4,9-11,13,16H,1,7-8,12H2,2-3H3,(H2,23,24,25)/t16-/m0/s1. The van der Waals surface area contributed by atoms with E-state index in [0.29, 0.717) is 52.8 Å². The number of carbonyl (C=O) groups excluding carboxylic acids is 1. The molecule has 9 nitrogen and oxygen atoms in total. The van der Waals surface area contributed by atoms with Crippen molar-refractivity contribution in [3.05, 3.63) is 48.4 Å². The highest BCUT2D eigenvalue weighted by atomic mass is 16.5. The fourth-order valence-electron chi connectivity index (χ4n) is 3.68. The van der Waals surface area contributed by atoms with Gasteiger partial charge in [-0.15, -0.1) is 0 Å². The molecule has 4 rings (SSSR count). The van der Waals surface area contributed by atoms with Gasteiger partial charge in [-0.05, 0) is 12.5 Å². The summed E-state index contributed by atoms with van der Waals surface area (Å²) in [7, 11) is 3.07. The van der Waals surface area contributed by atoms with Crippen molar-refractivity contribution in [3.63, 3.8) is 0 Å². The molecule has 0 radical (unpaired) electrons. The molecule has 0 aromatic carbocycles. The van der Waals surface area contributed by atoms with Crippen LogP contribution < -0.4 is 15.2 Å². The van der Waals surface area contributed by atoms with Gasteiger partial charge in [0.15, 0.2) is 0 Å². The molecule has 0 bridgehead atoms. The molecule has 158 valence electrons. The summed E-state index contributed by atoms with van der Waals surface area (Å²) < 4.78 is 12.4. The van der Waals surface area contributed by atoms with Crippen LogP contribution in [0.1, 0.15) is 23.6 Å². The van der Waals surface area contributed by atoms with Crippen molar-refractivity contribution in [2.24, 2.45) is 0 Å². The summed E-state index contributed by atoms with van der Waals surface area (Å²) in [4.78, 5) is 26.5. The Labute approximate surface area is 179 Å². The lowest BCUT2D eigenvalue weighted by Crippen LogP contribution is -2.27. The summed E-state index contributed by atoms with van der Waals surface area (Å²) >= 11 is 0. The minimum Gasteiger partial charge on any atom is -0.481 e. The highest BCUT2D eigenvalue weighted by Crippen LogP contribution is 2.30. The third-order valence-electron chi connectivity index (χ3n) is 5.22. The van der Waals surface area contributed by atoms with Crippen molar-refractivity contribution in [2.45, 2.75) is 12.5 Å². The van der Waals surface area contributed by atoms with E-state index in [1.165, 1.54) is 26.6 Å². The molecule has 0 unspecified atom stereocenters. The Morgan fingerprint density at radius 3 is 2.68 bits per heavy atom. The van der Waals surface area contributed by atoms with E-state index in [2.05, 4.69) is 33.4 Å². The lowest BCUT2D eigenvalue weighted by atomic mass is 10.2. The Morgan fingerprint density at radius 1 is 1.26 bits per heavy atom. The second kappa shape index (κ2) is 8.36. The summed E-state index contributed by atoms with van der Waals surface area (Å²) in [6.07, 6.45) is 5.50. The number of aromatic nitrogens is 4. The molecule has 1 amide bonds. The average molecular weight is 418 g/mol. The zero-order valence-electron chi connectivity index (χ0n) is 17.3. The molecule has 3 aromatic heterocycles. The summed E-state index contributed by atoms with van der Waals surface area (Å²) in [5, 5.41) is 0.691. The van der Waals surface area contributed by atoms with E-state index < -0.39 is 0 Å². The lowest BCUT2D eigenvalue weighted by molar-refractivity contribution is -0.125. The Bertz CT molecular complexity index is 1200. The van der Waals surface area contributed by atoms with Gasteiger partial charge in [-0.25, -0.2) is 9.97 Å². The van der Waals surface area contributed by atoms with Crippen LogP contribution in [0.15, 0.2) is 37.3 Å². The van der Waals surface area contributed by atoms with Gasteiger partial charge in [0.05, 0.1) is 31.2 Å². The van der Waals surface area contributed by atoms with Crippen LogP contribution in [-0.4, -0.2) is 57.6 Å². The van der Waals surface area contributed by atoms with Gasteiger partial charge in [-0.1, -0.05) is 18.4 Å². The molecule has 3 aromatic rings. The summed E-state index contributed by atoms with van der Waals surface area (Å²) in [6, 6.07) is 3.52. The first-order valence-electron chi connectivity index (χ1n) is 9.68. The summed E-state index contributed by atoms with van der Waals surface area (Å²) in [6.45, 7) is 4.80. The van der Waals surface area contributed by atoms with Crippen molar-refractivity contribution in [2.75, 3.05) is 33.0 Å². The van der Waals surface area contributed by atoms with E-state index in [4.69, 9.17) is 15.2 Å². The molecule has 9 heteroatoms. The maximum Gasteiger partial charge on any atom is 0.246 e. The van der Waals surface area contributed by atoms with Gasteiger partial charge in [0.2, 0.25) is 17.7 Å². The molecular formula is C22H22N6O3. The molecule has 1 atom stereocenters. The molecule has 2 N–H and O–H groups in total. The van der Waals surface area contributed by atoms with Gasteiger partial charge >= 0.3 is 0 Å². The molecule has 31 heavy (non-hydrogen) atoms. The number of rotatable bonds is 4. The monoisotopic (exact) mass is 418 g/mol. The second-order valence-corrected chi connectivity index (χ2v) is 7.03. The number of carbonyl (C=O) groups is 1. The average Bonchev–Trinajstić information content (AvgIpc) is 3.42. The first kappa shape index (κ1) is 20.2. The van der Waals surface area contributed by atoms with E-state index in [9.17, 15) is 4.79 Å². The van der Waals surface area contributed by atoms with Crippen LogP contribution in [0.3, 0.4) is 0 Å². The van der Waals surface area contributed by atoms with Crippen molar-refractivity contribution >= 4 is 22.8 Å². The van der Waals surface area contributed by atoms with Gasteiger partial charge in [0, 0.05) is 37.0 Å². The van der Waals surface area contributed by atoms with Crippen LogP contribution in [-0.2, 0) is 4.79 Å². The van der Waals surface area contributed by atoms with Crippen LogP contribution in [0.2, 0.25) is 0 Å². The third-order valence-corrected chi connectivity index (χ3v) is 5.22. The number of methoxy groups -OCH3 is 2. The predicted octanol–water partition coefficient (Wildman–Crippen LogP) is 1.78. The largest absolute Gasteiger partial charge is 0.481 e. The minimum atomic E-state index is -0.0753. The summed E-state index contributed by atoms with van der Waals surface area (Å²) in [5.74, 6) is 7.39. The lowest BCUT2D eigenvalue weighted by Gasteiger charge is -2.15. The maximum atomic E-state index is 12.0. The van der Waals surface area contributed by atoms with Crippen molar-refractivity contribution in [3.8, 4) is 23.6 Å². The minimum absolute atomic E-state index is 0.0670. The first-order valence-corrected chi connectivity index (χ1v) is 9.68. The normalized spacial score (nSPS) is 15.4. The Morgan fingerprint density at radius 2 is 2.00 bits per heavy atom. The number of likely N-dealkylation sites (tertiary alicyclic amines) is 1. The number of ether oxygens (including phenoxy) is 2. The number of nitrogens with two attached hydrogens (primary N) is 1. The topological polar surface area (TPSA) is 108 Å². The van der Waals surface area contributed by atoms with Gasteiger partial charge < -0.3 is 24.7 Å². The quantitative estimate of drug-likeness (QED) is 0.508. The van der Waals surface area contributed by atoms with E-state index >= 15 is 0 Å². The van der Waals surface area contributed by atoms with Gasteiger partial charge in [-0.3, -0.25) is 4.79 Å². The molecule has 4 heterocycles. The Hall–Kier alpha value is -4.06.